The third kappa shape index (κ3) is 2.02. The van der Waals surface area contributed by atoms with Gasteiger partial charge in [-0.2, -0.15) is 0 Å². The van der Waals surface area contributed by atoms with E-state index in [2.05, 4.69) is 6.92 Å². The van der Waals surface area contributed by atoms with Crippen molar-refractivity contribution in [3.8, 4) is 0 Å². The molecule has 2 nitrogen and oxygen atoms in total. The van der Waals surface area contributed by atoms with Crippen LogP contribution >= 0.6 is 0 Å². The van der Waals surface area contributed by atoms with Gasteiger partial charge in [-0.3, -0.25) is 0 Å². The molecule has 4 unspecified atom stereocenters. The van der Waals surface area contributed by atoms with Crippen LogP contribution in [0.2, 0.25) is 0 Å². The van der Waals surface area contributed by atoms with E-state index in [9.17, 15) is 5.11 Å². The molecule has 2 aliphatic rings. The van der Waals surface area contributed by atoms with Crippen LogP contribution in [0.15, 0.2) is 0 Å². The first-order chi connectivity index (χ1) is 7.73. The highest BCUT2D eigenvalue weighted by molar-refractivity contribution is 5.04. The number of aliphatic hydroxyl groups excluding tert-OH is 1. The van der Waals surface area contributed by atoms with E-state index in [0.29, 0.717) is 6.54 Å². The quantitative estimate of drug-likeness (QED) is 0.683. The molecule has 2 rings (SSSR count). The van der Waals surface area contributed by atoms with Crippen molar-refractivity contribution < 1.29 is 5.11 Å². The fraction of sp³-hybridized carbons (Fsp3) is 1.00. The van der Waals surface area contributed by atoms with Crippen molar-refractivity contribution in [2.45, 2.75) is 64.4 Å². The Morgan fingerprint density at radius 1 is 1.38 bits per heavy atom. The lowest BCUT2D eigenvalue weighted by atomic mass is 9.68. The molecular formula is C14H27NO. The Bertz CT molecular complexity index is 231. The van der Waals surface area contributed by atoms with Crippen LogP contribution in [0, 0.1) is 17.3 Å². The molecule has 2 bridgehead atoms. The molecule has 0 aliphatic heterocycles. The minimum Gasteiger partial charge on any atom is -0.392 e. The summed E-state index contributed by atoms with van der Waals surface area (Å²) in [6, 6.07) is 0. The van der Waals surface area contributed by atoms with E-state index in [0.717, 1.165) is 24.7 Å². The van der Waals surface area contributed by atoms with Crippen LogP contribution in [0.4, 0.5) is 0 Å². The molecule has 4 atom stereocenters. The molecule has 2 fully saturated rings. The lowest BCUT2D eigenvalue weighted by Gasteiger charge is -2.41. The number of unbranched alkanes of at least 4 members (excludes halogenated alkanes) is 2. The van der Waals surface area contributed by atoms with Crippen molar-refractivity contribution in [2.24, 2.45) is 23.0 Å². The highest BCUT2D eigenvalue weighted by Gasteiger charge is 2.53. The summed E-state index contributed by atoms with van der Waals surface area (Å²) in [5, 5.41) is 10.5. The van der Waals surface area contributed by atoms with E-state index in [1.807, 2.05) is 0 Å². The molecule has 3 N–H and O–H groups in total. The summed E-state index contributed by atoms with van der Waals surface area (Å²) >= 11 is 0. The minimum atomic E-state index is -0.139. The molecule has 2 heteroatoms. The summed E-state index contributed by atoms with van der Waals surface area (Å²) in [5.74, 6) is 1.59. The van der Waals surface area contributed by atoms with E-state index in [1.54, 1.807) is 0 Å². The van der Waals surface area contributed by atoms with Crippen LogP contribution in [0.25, 0.3) is 0 Å². The van der Waals surface area contributed by atoms with Crippen molar-refractivity contribution in [3.05, 3.63) is 0 Å². The summed E-state index contributed by atoms with van der Waals surface area (Å²) in [6.07, 6.45) is 9.69. The third-order valence-electron chi connectivity index (χ3n) is 5.15. The van der Waals surface area contributed by atoms with Crippen molar-refractivity contribution in [3.63, 3.8) is 0 Å². The van der Waals surface area contributed by atoms with Gasteiger partial charge in [-0.05, 0) is 37.5 Å². The fourth-order valence-corrected chi connectivity index (χ4v) is 4.16. The number of hydrogen-bond acceptors (Lipinski definition) is 2. The van der Waals surface area contributed by atoms with Gasteiger partial charge in [0.05, 0.1) is 6.10 Å². The molecule has 0 amide bonds. The predicted octanol–water partition coefficient (Wildman–Crippen LogP) is 2.69. The van der Waals surface area contributed by atoms with Crippen LogP contribution < -0.4 is 5.73 Å². The van der Waals surface area contributed by atoms with Gasteiger partial charge >= 0.3 is 0 Å². The average Bonchev–Trinajstić information content (AvgIpc) is 2.89. The first-order valence-corrected chi connectivity index (χ1v) is 7.11. The van der Waals surface area contributed by atoms with Gasteiger partial charge in [-0.1, -0.05) is 32.6 Å². The normalized spacial score (nSPS) is 39.2. The number of aliphatic hydroxyl groups is 1. The molecule has 2 aliphatic carbocycles. The summed E-state index contributed by atoms with van der Waals surface area (Å²) in [7, 11) is 0. The minimum absolute atomic E-state index is 0.0939. The van der Waals surface area contributed by atoms with E-state index < -0.39 is 0 Å². The van der Waals surface area contributed by atoms with Crippen LogP contribution in [0.3, 0.4) is 0 Å². The molecule has 0 saturated heterocycles. The monoisotopic (exact) mass is 225 g/mol. The molecule has 16 heavy (non-hydrogen) atoms. The zero-order chi connectivity index (χ0) is 11.6. The summed E-state index contributed by atoms with van der Waals surface area (Å²) in [6.45, 7) is 2.91. The molecule has 0 heterocycles. The topological polar surface area (TPSA) is 46.2 Å². The maximum atomic E-state index is 10.5. The lowest BCUT2D eigenvalue weighted by Crippen LogP contribution is -2.45. The summed E-state index contributed by atoms with van der Waals surface area (Å²) in [4.78, 5) is 0. The Hall–Kier alpha value is -0.0800. The molecule has 0 aromatic heterocycles. The van der Waals surface area contributed by atoms with Gasteiger partial charge in [-0.25, -0.2) is 0 Å². The van der Waals surface area contributed by atoms with Crippen LogP contribution in [0.5, 0.6) is 0 Å². The lowest BCUT2D eigenvalue weighted by molar-refractivity contribution is -0.0173. The molecule has 2 saturated carbocycles. The van der Waals surface area contributed by atoms with Crippen molar-refractivity contribution in [1.29, 1.82) is 0 Å². The largest absolute Gasteiger partial charge is 0.392 e. The van der Waals surface area contributed by atoms with Gasteiger partial charge in [0.1, 0.15) is 0 Å². The summed E-state index contributed by atoms with van der Waals surface area (Å²) in [5.41, 5.74) is 6.09. The van der Waals surface area contributed by atoms with Crippen molar-refractivity contribution >= 4 is 0 Å². The Labute approximate surface area is 99.6 Å². The van der Waals surface area contributed by atoms with Gasteiger partial charge < -0.3 is 10.8 Å². The number of hydrogen-bond donors (Lipinski definition) is 2. The Morgan fingerprint density at radius 3 is 2.69 bits per heavy atom. The maximum absolute atomic E-state index is 10.5. The number of fused-ring (bicyclic) bond motifs is 2. The van der Waals surface area contributed by atoms with Crippen LogP contribution in [-0.4, -0.2) is 17.8 Å². The number of nitrogens with two attached hydrogens (primary N) is 1. The molecule has 0 spiro atoms. The Kier molecular flexibility index (Phi) is 3.91. The zero-order valence-electron chi connectivity index (χ0n) is 10.6. The second-order valence-corrected chi connectivity index (χ2v) is 6.03. The van der Waals surface area contributed by atoms with Gasteiger partial charge in [-0.15, -0.1) is 0 Å². The van der Waals surface area contributed by atoms with Gasteiger partial charge in [0.15, 0.2) is 0 Å². The van der Waals surface area contributed by atoms with E-state index in [-0.39, 0.29) is 11.5 Å². The van der Waals surface area contributed by atoms with E-state index >= 15 is 0 Å². The van der Waals surface area contributed by atoms with Gasteiger partial charge in [0.25, 0.3) is 0 Å². The van der Waals surface area contributed by atoms with Gasteiger partial charge in [0.2, 0.25) is 0 Å². The molecular weight excluding hydrogens is 198 g/mol. The second kappa shape index (κ2) is 5.05. The first kappa shape index (κ1) is 12.4. The van der Waals surface area contributed by atoms with E-state index in [1.165, 1.54) is 38.5 Å². The Balaban J connectivity index is 1.93. The smallest absolute Gasteiger partial charge is 0.0611 e. The standard InChI is InChI=1S/C14H27NO/c1-2-3-4-5-13(16)14(10-15)9-11-6-7-12(14)8-11/h11-13,16H,2-10,15H2,1H3. The van der Waals surface area contributed by atoms with Crippen molar-refractivity contribution in [1.82, 2.24) is 0 Å². The van der Waals surface area contributed by atoms with Crippen LogP contribution in [-0.2, 0) is 0 Å². The zero-order valence-corrected chi connectivity index (χ0v) is 10.6. The van der Waals surface area contributed by atoms with Crippen molar-refractivity contribution in [2.75, 3.05) is 6.54 Å². The Morgan fingerprint density at radius 2 is 2.19 bits per heavy atom. The third-order valence-corrected chi connectivity index (χ3v) is 5.15. The molecule has 0 radical (unpaired) electrons. The van der Waals surface area contributed by atoms with E-state index in [4.69, 9.17) is 5.73 Å². The highest BCUT2D eigenvalue weighted by Crippen LogP contribution is 2.57. The molecule has 0 aromatic carbocycles. The van der Waals surface area contributed by atoms with Crippen LogP contribution in [0.1, 0.15) is 58.3 Å². The fourth-order valence-electron chi connectivity index (χ4n) is 4.16. The maximum Gasteiger partial charge on any atom is 0.0611 e. The predicted molar refractivity (Wildman–Crippen MR) is 67.1 cm³/mol. The molecule has 94 valence electrons. The average molecular weight is 225 g/mol. The first-order valence-electron chi connectivity index (χ1n) is 7.11. The number of rotatable bonds is 6. The van der Waals surface area contributed by atoms with Gasteiger partial charge in [0, 0.05) is 12.0 Å². The molecule has 0 aromatic rings. The second-order valence-electron chi connectivity index (χ2n) is 6.03. The SMILES string of the molecule is CCCCCC(O)C1(CN)CC2CCC1C2. The summed E-state index contributed by atoms with van der Waals surface area (Å²) < 4.78 is 0. The highest BCUT2D eigenvalue weighted by atomic mass is 16.3.